The van der Waals surface area contributed by atoms with E-state index in [9.17, 15) is 4.79 Å². The fraction of sp³-hybridized carbons (Fsp3) is 0.550. The third-order valence-electron chi connectivity index (χ3n) is 4.74. The summed E-state index contributed by atoms with van der Waals surface area (Å²) in [5.74, 6) is 1.42. The van der Waals surface area contributed by atoms with Crippen molar-refractivity contribution in [1.82, 2.24) is 4.90 Å². The maximum atomic E-state index is 12.6. The highest BCUT2D eigenvalue weighted by Gasteiger charge is 2.32. The van der Waals surface area contributed by atoms with Gasteiger partial charge in [0.2, 0.25) is 0 Å². The zero-order valence-corrected chi connectivity index (χ0v) is 15.5. The molecule has 1 unspecified atom stereocenters. The number of nitrogens with zero attached hydrogens (tertiary/aromatic N) is 1. The molecule has 1 atom stereocenters. The first-order valence-electron chi connectivity index (χ1n) is 9.15. The molecule has 2 fully saturated rings. The smallest absolute Gasteiger partial charge is 0.260 e. The second-order valence-corrected chi connectivity index (χ2v) is 6.55. The summed E-state index contributed by atoms with van der Waals surface area (Å²) in [6.45, 7) is 4.65. The van der Waals surface area contributed by atoms with Crippen LogP contribution in [0.1, 0.15) is 25.3 Å². The number of rotatable bonds is 6. The lowest BCUT2D eigenvalue weighted by Gasteiger charge is -2.34. The molecule has 0 spiro atoms. The lowest BCUT2D eigenvalue weighted by Crippen LogP contribution is -2.45. The SMILES string of the molecule is C/C=C/c1ccc(OCC(=O)N2CCCC(C3OCCO3)C2)c(OC)c1. The van der Waals surface area contributed by atoms with Crippen LogP contribution < -0.4 is 9.47 Å². The molecular weight excluding hydrogens is 334 g/mol. The molecule has 6 heteroatoms. The van der Waals surface area contributed by atoms with Crippen molar-refractivity contribution in [2.75, 3.05) is 40.0 Å². The highest BCUT2D eigenvalue weighted by atomic mass is 16.7. The molecule has 26 heavy (non-hydrogen) atoms. The molecule has 1 aromatic carbocycles. The van der Waals surface area contributed by atoms with E-state index in [0.29, 0.717) is 31.3 Å². The third kappa shape index (κ3) is 4.56. The zero-order chi connectivity index (χ0) is 18.4. The molecule has 0 bridgehead atoms. The van der Waals surface area contributed by atoms with Crippen molar-refractivity contribution in [3.05, 3.63) is 29.8 Å². The van der Waals surface area contributed by atoms with Crippen molar-refractivity contribution < 1.29 is 23.7 Å². The molecular formula is C20H27NO5. The molecule has 0 N–H and O–H groups in total. The number of hydrogen-bond acceptors (Lipinski definition) is 5. The summed E-state index contributed by atoms with van der Waals surface area (Å²) in [6, 6.07) is 5.67. The quantitative estimate of drug-likeness (QED) is 0.780. The summed E-state index contributed by atoms with van der Waals surface area (Å²) in [5, 5.41) is 0. The largest absolute Gasteiger partial charge is 0.493 e. The Hall–Kier alpha value is -2.05. The Morgan fingerprint density at radius 2 is 2.12 bits per heavy atom. The van der Waals surface area contributed by atoms with Crippen LogP contribution >= 0.6 is 0 Å². The molecule has 0 radical (unpaired) electrons. The minimum atomic E-state index is -0.175. The second-order valence-electron chi connectivity index (χ2n) is 6.55. The van der Waals surface area contributed by atoms with E-state index < -0.39 is 0 Å². The first-order chi connectivity index (χ1) is 12.7. The number of piperidine rings is 1. The first-order valence-corrected chi connectivity index (χ1v) is 9.15. The van der Waals surface area contributed by atoms with E-state index in [2.05, 4.69) is 0 Å². The van der Waals surface area contributed by atoms with Crippen molar-refractivity contribution in [3.63, 3.8) is 0 Å². The van der Waals surface area contributed by atoms with Gasteiger partial charge in [0.1, 0.15) is 0 Å². The van der Waals surface area contributed by atoms with Crippen LogP contribution in [-0.2, 0) is 14.3 Å². The third-order valence-corrected chi connectivity index (χ3v) is 4.74. The zero-order valence-electron chi connectivity index (χ0n) is 15.5. The average Bonchev–Trinajstić information content (AvgIpc) is 3.22. The van der Waals surface area contributed by atoms with Crippen LogP contribution in [0.5, 0.6) is 11.5 Å². The molecule has 2 aliphatic heterocycles. The summed E-state index contributed by atoms with van der Waals surface area (Å²) in [7, 11) is 1.60. The number of amides is 1. The van der Waals surface area contributed by atoms with Crippen LogP contribution in [0.25, 0.3) is 6.08 Å². The Bertz CT molecular complexity index is 639. The first kappa shape index (κ1) is 18.7. The lowest BCUT2D eigenvalue weighted by atomic mass is 9.97. The molecule has 0 aromatic heterocycles. The fourth-order valence-electron chi connectivity index (χ4n) is 3.44. The van der Waals surface area contributed by atoms with Gasteiger partial charge in [-0.25, -0.2) is 0 Å². The van der Waals surface area contributed by atoms with Crippen LogP contribution in [0.3, 0.4) is 0 Å². The Kier molecular flexibility index (Phi) is 6.52. The highest BCUT2D eigenvalue weighted by Crippen LogP contribution is 2.29. The standard InChI is InChI=1S/C20H27NO5/c1-3-5-15-7-8-17(18(12-15)23-2)26-14-19(22)21-9-4-6-16(13-21)20-24-10-11-25-20/h3,5,7-8,12,16,20H,4,6,9-11,13-14H2,1-2H3/b5-3+. The van der Waals surface area contributed by atoms with Crippen LogP contribution in [0.4, 0.5) is 0 Å². The monoisotopic (exact) mass is 361 g/mol. The van der Waals surface area contributed by atoms with Gasteiger partial charge in [-0.2, -0.15) is 0 Å². The van der Waals surface area contributed by atoms with E-state index in [1.165, 1.54) is 0 Å². The van der Waals surface area contributed by atoms with Gasteiger partial charge < -0.3 is 23.8 Å². The van der Waals surface area contributed by atoms with Gasteiger partial charge in [-0.3, -0.25) is 4.79 Å². The number of benzene rings is 1. The Morgan fingerprint density at radius 3 is 2.85 bits per heavy atom. The van der Waals surface area contributed by atoms with E-state index in [4.69, 9.17) is 18.9 Å². The number of hydrogen-bond donors (Lipinski definition) is 0. The minimum absolute atomic E-state index is 0.00156. The fourth-order valence-corrected chi connectivity index (χ4v) is 3.44. The van der Waals surface area contributed by atoms with Crippen molar-refractivity contribution in [1.29, 1.82) is 0 Å². The van der Waals surface area contributed by atoms with Gasteiger partial charge in [0.05, 0.1) is 20.3 Å². The van der Waals surface area contributed by atoms with E-state index in [-0.39, 0.29) is 24.7 Å². The van der Waals surface area contributed by atoms with Gasteiger partial charge in [0, 0.05) is 19.0 Å². The van der Waals surface area contributed by atoms with Gasteiger partial charge in [-0.1, -0.05) is 18.2 Å². The van der Waals surface area contributed by atoms with E-state index >= 15 is 0 Å². The summed E-state index contributed by atoms with van der Waals surface area (Å²) >= 11 is 0. The number of ether oxygens (including phenoxy) is 4. The molecule has 2 aliphatic rings. The number of likely N-dealkylation sites (tertiary alicyclic amines) is 1. The van der Waals surface area contributed by atoms with Crippen LogP contribution in [0, 0.1) is 5.92 Å². The van der Waals surface area contributed by atoms with E-state index in [1.54, 1.807) is 7.11 Å². The summed E-state index contributed by atoms with van der Waals surface area (Å²) in [5.41, 5.74) is 1.03. The molecule has 0 aliphatic carbocycles. The Morgan fingerprint density at radius 1 is 1.31 bits per heavy atom. The lowest BCUT2D eigenvalue weighted by molar-refractivity contribution is -0.141. The van der Waals surface area contributed by atoms with Crippen LogP contribution in [0.2, 0.25) is 0 Å². The number of carbonyl (C=O) groups excluding carboxylic acids is 1. The maximum absolute atomic E-state index is 12.6. The van der Waals surface area contributed by atoms with Gasteiger partial charge in [0.15, 0.2) is 24.4 Å². The molecule has 1 aromatic rings. The number of carbonyl (C=O) groups is 1. The molecule has 2 heterocycles. The number of methoxy groups -OCH3 is 1. The predicted octanol–water partition coefficient (Wildman–Crippen LogP) is 2.72. The van der Waals surface area contributed by atoms with E-state index in [0.717, 1.165) is 24.9 Å². The van der Waals surface area contributed by atoms with Gasteiger partial charge in [-0.05, 0) is 37.5 Å². The van der Waals surface area contributed by atoms with Crippen molar-refractivity contribution >= 4 is 12.0 Å². The van der Waals surface area contributed by atoms with Gasteiger partial charge >= 0.3 is 0 Å². The van der Waals surface area contributed by atoms with Gasteiger partial charge in [0.25, 0.3) is 5.91 Å². The Balaban J connectivity index is 1.56. The highest BCUT2D eigenvalue weighted by molar-refractivity contribution is 5.78. The van der Waals surface area contributed by atoms with Gasteiger partial charge in [-0.15, -0.1) is 0 Å². The van der Waals surface area contributed by atoms with Crippen molar-refractivity contribution in [2.45, 2.75) is 26.1 Å². The molecule has 6 nitrogen and oxygen atoms in total. The second kappa shape index (κ2) is 9.05. The summed E-state index contributed by atoms with van der Waals surface area (Å²) in [4.78, 5) is 14.4. The molecule has 3 rings (SSSR count). The maximum Gasteiger partial charge on any atom is 0.260 e. The molecule has 0 saturated carbocycles. The average molecular weight is 361 g/mol. The molecule has 1 amide bonds. The Labute approximate surface area is 154 Å². The van der Waals surface area contributed by atoms with Crippen molar-refractivity contribution in [3.8, 4) is 11.5 Å². The molecule has 2 saturated heterocycles. The summed E-state index contributed by atoms with van der Waals surface area (Å²) in [6.07, 6.45) is 5.75. The normalized spacial score (nSPS) is 21.3. The van der Waals surface area contributed by atoms with Crippen LogP contribution in [-0.4, -0.2) is 57.1 Å². The molecule has 142 valence electrons. The number of allylic oxidation sites excluding steroid dienone is 1. The van der Waals surface area contributed by atoms with E-state index in [1.807, 2.05) is 42.2 Å². The topological polar surface area (TPSA) is 57.2 Å². The van der Waals surface area contributed by atoms with Crippen molar-refractivity contribution in [2.24, 2.45) is 5.92 Å². The minimum Gasteiger partial charge on any atom is -0.493 e. The van der Waals surface area contributed by atoms with Crippen LogP contribution in [0.15, 0.2) is 24.3 Å². The summed E-state index contributed by atoms with van der Waals surface area (Å²) < 4.78 is 22.3. The predicted molar refractivity (Wildman–Crippen MR) is 98.2 cm³/mol.